The van der Waals surface area contributed by atoms with Crippen molar-refractivity contribution in [1.29, 1.82) is 0 Å². The molecule has 0 fully saturated rings. The third-order valence-electron chi connectivity index (χ3n) is 1.89. The molecule has 1 unspecified atom stereocenters. The van der Waals surface area contributed by atoms with Crippen molar-refractivity contribution in [3.8, 4) is 5.75 Å². The summed E-state index contributed by atoms with van der Waals surface area (Å²) in [5.74, 6) is -0.517. The molecule has 0 amide bonds. The molecule has 3 nitrogen and oxygen atoms in total. The van der Waals surface area contributed by atoms with E-state index in [2.05, 4.69) is 0 Å². The lowest BCUT2D eigenvalue weighted by Gasteiger charge is -2.12. The van der Waals surface area contributed by atoms with E-state index in [1.54, 1.807) is 6.92 Å². The molecule has 0 saturated heterocycles. The van der Waals surface area contributed by atoms with Crippen LogP contribution in [0.4, 0.5) is 4.39 Å². The van der Waals surface area contributed by atoms with Gasteiger partial charge in [-0.25, -0.2) is 4.39 Å². The number of rotatable bonds is 2. The maximum atomic E-state index is 12.9. The van der Waals surface area contributed by atoms with Crippen molar-refractivity contribution in [1.82, 2.24) is 0 Å². The highest BCUT2D eigenvalue weighted by molar-refractivity contribution is 5.41. The van der Waals surface area contributed by atoms with Crippen molar-refractivity contribution < 1.29 is 14.6 Å². The van der Waals surface area contributed by atoms with Gasteiger partial charge in [-0.3, -0.25) is 0 Å². The highest BCUT2D eigenvalue weighted by atomic mass is 19.1. The molecule has 0 aromatic heterocycles. The topological polar surface area (TPSA) is 66.5 Å². The first kappa shape index (κ1) is 9.95. The van der Waals surface area contributed by atoms with Crippen LogP contribution in [0.2, 0.25) is 0 Å². The quantitative estimate of drug-likeness (QED) is 0.639. The minimum Gasteiger partial charge on any atom is -0.507 e. The van der Waals surface area contributed by atoms with E-state index in [4.69, 9.17) is 10.8 Å². The molecule has 0 aliphatic rings. The molecule has 13 heavy (non-hydrogen) atoms. The van der Waals surface area contributed by atoms with Crippen LogP contribution in [0.15, 0.2) is 12.1 Å². The number of hydrogen-bond donors (Lipinski definition) is 3. The van der Waals surface area contributed by atoms with Crippen LogP contribution in [0, 0.1) is 12.7 Å². The first-order valence-corrected chi connectivity index (χ1v) is 3.91. The van der Waals surface area contributed by atoms with Gasteiger partial charge in [0.2, 0.25) is 0 Å². The summed E-state index contributed by atoms with van der Waals surface area (Å²) in [7, 11) is 0. The van der Waals surface area contributed by atoms with E-state index < -0.39 is 11.9 Å². The summed E-state index contributed by atoms with van der Waals surface area (Å²) < 4.78 is 12.9. The van der Waals surface area contributed by atoms with Gasteiger partial charge in [-0.2, -0.15) is 0 Å². The summed E-state index contributed by atoms with van der Waals surface area (Å²) in [6, 6.07) is 1.60. The van der Waals surface area contributed by atoms with Crippen LogP contribution >= 0.6 is 0 Å². The third-order valence-corrected chi connectivity index (χ3v) is 1.89. The maximum Gasteiger partial charge on any atom is 0.124 e. The Balaban J connectivity index is 3.20. The molecule has 1 atom stereocenters. The Bertz CT molecular complexity index is 315. The number of hydrogen-bond acceptors (Lipinski definition) is 3. The number of aromatic hydroxyl groups is 1. The van der Waals surface area contributed by atoms with Crippen molar-refractivity contribution in [3.63, 3.8) is 0 Å². The molecule has 0 heterocycles. The third kappa shape index (κ3) is 1.96. The number of halogens is 1. The first-order valence-electron chi connectivity index (χ1n) is 3.91. The van der Waals surface area contributed by atoms with Gasteiger partial charge in [0, 0.05) is 5.56 Å². The smallest absolute Gasteiger partial charge is 0.124 e. The van der Waals surface area contributed by atoms with Crippen LogP contribution in [-0.2, 0) is 0 Å². The zero-order chi connectivity index (χ0) is 10.0. The lowest BCUT2D eigenvalue weighted by Crippen LogP contribution is -2.15. The zero-order valence-corrected chi connectivity index (χ0v) is 7.29. The lowest BCUT2D eigenvalue weighted by molar-refractivity contribution is 0.265. The Morgan fingerprint density at radius 2 is 2.15 bits per heavy atom. The monoisotopic (exact) mass is 185 g/mol. The number of aryl methyl sites for hydroxylation is 1. The first-order chi connectivity index (χ1) is 6.06. The average molecular weight is 185 g/mol. The summed E-state index contributed by atoms with van der Waals surface area (Å²) in [4.78, 5) is 0. The van der Waals surface area contributed by atoms with Gasteiger partial charge in [0.05, 0.1) is 12.6 Å². The van der Waals surface area contributed by atoms with Gasteiger partial charge in [0.15, 0.2) is 0 Å². The van der Waals surface area contributed by atoms with Crippen molar-refractivity contribution in [2.45, 2.75) is 13.0 Å². The van der Waals surface area contributed by atoms with Gasteiger partial charge in [-0.05, 0) is 24.6 Å². The Labute approximate surface area is 75.6 Å². The molecule has 0 aliphatic heterocycles. The Morgan fingerprint density at radius 3 is 2.69 bits per heavy atom. The van der Waals surface area contributed by atoms with Gasteiger partial charge in [0.1, 0.15) is 11.6 Å². The van der Waals surface area contributed by atoms with Crippen molar-refractivity contribution >= 4 is 0 Å². The summed E-state index contributed by atoms with van der Waals surface area (Å²) in [5.41, 5.74) is 6.11. The van der Waals surface area contributed by atoms with Crippen LogP contribution in [0.5, 0.6) is 5.75 Å². The molecule has 1 aromatic carbocycles. The molecule has 1 rings (SSSR count). The molecule has 0 bridgehead atoms. The second-order valence-corrected chi connectivity index (χ2v) is 2.95. The summed E-state index contributed by atoms with van der Waals surface area (Å²) in [6.07, 6.45) is 0. The predicted molar refractivity (Wildman–Crippen MR) is 46.8 cm³/mol. The van der Waals surface area contributed by atoms with Crippen LogP contribution in [-0.4, -0.2) is 16.8 Å². The predicted octanol–water partition coefficient (Wildman–Crippen LogP) is 0.832. The second kappa shape index (κ2) is 3.72. The fourth-order valence-corrected chi connectivity index (χ4v) is 1.14. The number of phenols is 1. The van der Waals surface area contributed by atoms with E-state index in [-0.39, 0.29) is 17.9 Å². The SMILES string of the molecule is Cc1cc(F)cc(C(N)CO)c1O. The molecule has 1 aromatic rings. The zero-order valence-electron chi connectivity index (χ0n) is 7.29. The minimum atomic E-state index is -0.741. The molecular formula is C9H12FNO2. The molecule has 4 heteroatoms. The van der Waals surface area contributed by atoms with E-state index in [0.717, 1.165) is 6.07 Å². The number of aliphatic hydroxyl groups is 1. The maximum absolute atomic E-state index is 12.9. The van der Waals surface area contributed by atoms with E-state index in [0.29, 0.717) is 5.56 Å². The standard InChI is InChI=1S/C9H12FNO2/c1-5-2-6(10)3-7(9(5)13)8(11)4-12/h2-3,8,12-13H,4,11H2,1H3. The molecule has 0 saturated carbocycles. The summed E-state index contributed by atoms with van der Waals surface area (Å²) >= 11 is 0. The minimum absolute atomic E-state index is 0.0528. The number of phenolic OH excluding ortho intramolecular Hbond substituents is 1. The van der Waals surface area contributed by atoms with E-state index in [9.17, 15) is 9.50 Å². The van der Waals surface area contributed by atoms with Crippen molar-refractivity contribution in [3.05, 3.63) is 29.1 Å². The Morgan fingerprint density at radius 1 is 1.54 bits per heavy atom. The van der Waals surface area contributed by atoms with Crippen molar-refractivity contribution in [2.75, 3.05) is 6.61 Å². The highest BCUT2D eigenvalue weighted by Crippen LogP contribution is 2.27. The van der Waals surface area contributed by atoms with E-state index >= 15 is 0 Å². The van der Waals surface area contributed by atoms with E-state index in [1.807, 2.05) is 0 Å². The fraction of sp³-hybridized carbons (Fsp3) is 0.333. The van der Waals surface area contributed by atoms with Gasteiger partial charge in [-0.1, -0.05) is 0 Å². The van der Waals surface area contributed by atoms with Gasteiger partial charge in [0.25, 0.3) is 0 Å². The Hall–Kier alpha value is -1.13. The second-order valence-electron chi connectivity index (χ2n) is 2.95. The number of nitrogens with two attached hydrogens (primary N) is 1. The summed E-state index contributed by atoms with van der Waals surface area (Å²) in [6.45, 7) is 1.25. The van der Waals surface area contributed by atoms with Crippen molar-refractivity contribution in [2.24, 2.45) is 5.73 Å². The largest absolute Gasteiger partial charge is 0.507 e. The van der Waals surface area contributed by atoms with Crippen LogP contribution in [0.1, 0.15) is 17.2 Å². The molecular weight excluding hydrogens is 173 g/mol. The van der Waals surface area contributed by atoms with Gasteiger partial charge < -0.3 is 15.9 Å². The van der Waals surface area contributed by atoms with E-state index in [1.165, 1.54) is 6.07 Å². The summed E-state index contributed by atoms with van der Waals surface area (Å²) in [5, 5.41) is 18.2. The van der Waals surface area contributed by atoms with Crippen LogP contribution in [0.3, 0.4) is 0 Å². The number of benzene rings is 1. The Kier molecular flexibility index (Phi) is 2.85. The molecule has 0 aliphatic carbocycles. The normalized spacial score (nSPS) is 12.9. The molecule has 72 valence electrons. The van der Waals surface area contributed by atoms with Crippen LogP contribution < -0.4 is 5.73 Å². The van der Waals surface area contributed by atoms with Gasteiger partial charge in [-0.15, -0.1) is 0 Å². The fourth-order valence-electron chi connectivity index (χ4n) is 1.14. The molecule has 0 radical (unpaired) electrons. The molecule has 0 spiro atoms. The highest BCUT2D eigenvalue weighted by Gasteiger charge is 2.13. The van der Waals surface area contributed by atoms with Crippen LogP contribution in [0.25, 0.3) is 0 Å². The average Bonchev–Trinajstić information content (AvgIpc) is 2.10. The number of aliphatic hydroxyl groups excluding tert-OH is 1. The lowest BCUT2D eigenvalue weighted by atomic mass is 10.0. The van der Waals surface area contributed by atoms with Gasteiger partial charge >= 0.3 is 0 Å². The molecule has 4 N–H and O–H groups in total.